The normalized spacial score (nSPS) is 18.8. The molecular formula is C11H14BrFN2O4S2. The van der Waals surface area contributed by atoms with Gasteiger partial charge in [-0.15, -0.1) is 0 Å². The molecule has 0 N–H and O–H groups in total. The predicted octanol–water partition coefficient (Wildman–Crippen LogP) is 0.854. The van der Waals surface area contributed by atoms with Gasteiger partial charge in [0.05, 0.1) is 15.6 Å². The Morgan fingerprint density at radius 1 is 1.05 bits per heavy atom. The highest BCUT2D eigenvalue weighted by Crippen LogP contribution is 2.23. The lowest BCUT2D eigenvalue weighted by atomic mass is 10.3. The minimum atomic E-state index is -3.82. The first kappa shape index (κ1) is 16.8. The third-order valence-corrected chi connectivity index (χ3v) is 7.04. The first-order valence-corrected chi connectivity index (χ1v) is 10.1. The summed E-state index contributed by atoms with van der Waals surface area (Å²) in [5.74, 6) is -0.661. The fourth-order valence-corrected chi connectivity index (χ4v) is 4.54. The van der Waals surface area contributed by atoms with Crippen LogP contribution in [0.2, 0.25) is 0 Å². The van der Waals surface area contributed by atoms with Gasteiger partial charge in [-0.3, -0.25) is 0 Å². The lowest BCUT2D eigenvalue weighted by Crippen LogP contribution is -2.50. The van der Waals surface area contributed by atoms with Crippen molar-refractivity contribution in [2.24, 2.45) is 0 Å². The van der Waals surface area contributed by atoms with Crippen molar-refractivity contribution >= 4 is 36.0 Å². The number of sulfonamides is 2. The third kappa shape index (κ3) is 3.62. The fourth-order valence-electron chi connectivity index (χ4n) is 2.03. The van der Waals surface area contributed by atoms with Crippen LogP contribution in [0.25, 0.3) is 0 Å². The zero-order valence-corrected chi connectivity index (χ0v) is 14.4. The zero-order valence-electron chi connectivity index (χ0n) is 11.2. The zero-order chi connectivity index (χ0) is 15.8. The van der Waals surface area contributed by atoms with Crippen LogP contribution in [0.5, 0.6) is 0 Å². The standard InChI is InChI=1S/C11H14BrFN2O4S2/c1-20(16,17)14-4-6-15(7-5-14)21(18,19)9-2-3-10(12)11(13)8-9/h2-3,8H,4-7H2,1H3. The Hall–Kier alpha value is -0.550. The summed E-state index contributed by atoms with van der Waals surface area (Å²) in [6.45, 7) is 0.286. The van der Waals surface area contributed by atoms with E-state index in [4.69, 9.17) is 0 Å². The third-order valence-electron chi connectivity index (χ3n) is 3.20. The van der Waals surface area contributed by atoms with Gasteiger partial charge in [-0.1, -0.05) is 0 Å². The van der Waals surface area contributed by atoms with Crippen LogP contribution in [0.1, 0.15) is 0 Å². The molecule has 0 aliphatic carbocycles. The van der Waals surface area contributed by atoms with Gasteiger partial charge in [0.25, 0.3) is 0 Å². The molecule has 1 fully saturated rings. The van der Waals surface area contributed by atoms with E-state index in [2.05, 4.69) is 15.9 Å². The average Bonchev–Trinajstić information content (AvgIpc) is 2.41. The molecule has 1 aliphatic heterocycles. The summed E-state index contributed by atoms with van der Waals surface area (Å²) >= 11 is 2.97. The second-order valence-corrected chi connectivity index (χ2v) is 9.42. The van der Waals surface area contributed by atoms with Crippen LogP contribution in [0.4, 0.5) is 4.39 Å². The van der Waals surface area contributed by atoms with E-state index in [-0.39, 0.29) is 35.5 Å². The Morgan fingerprint density at radius 2 is 1.57 bits per heavy atom. The molecule has 1 saturated heterocycles. The van der Waals surface area contributed by atoms with E-state index >= 15 is 0 Å². The molecular weight excluding hydrogens is 387 g/mol. The molecule has 118 valence electrons. The van der Waals surface area contributed by atoms with Crippen molar-refractivity contribution in [2.45, 2.75) is 4.90 Å². The summed E-state index contributed by atoms with van der Waals surface area (Å²) in [5.41, 5.74) is 0. The Bertz CT molecular complexity index is 743. The summed E-state index contributed by atoms with van der Waals surface area (Å²) in [5, 5.41) is 0. The van der Waals surface area contributed by atoms with Gasteiger partial charge in [0, 0.05) is 26.2 Å². The summed E-state index contributed by atoms with van der Waals surface area (Å²) in [6, 6.07) is 3.59. The monoisotopic (exact) mass is 400 g/mol. The quantitative estimate of drug-likeness (QED) is 0.753. The maximum absolute atomic E-state index is 13.5. The first-order chi connectivity index (χ1) is 9.62. The predicted molar refractivity (Wildman–Crippen MR) is 79.3 cm³/mol. The molecule has 2 rings (SSSR count). The topological polar surface area (TPSA) is 74.8 Å². The molecule has 1 aliphatic rings. The molecule has 1 heterocycles. The van der Waals surface area contributed by atoms with E-state index < -0.39 is 25.9 Å². The van der Waals surface area contributed by atoms with Crippen LogP contribution in [0.3, 0.4) is 0 Å². The maximum atomic E-state index is 13.5. The SMILES string of the molecule is CS(=O)(=O)N1CCN(S(=O)(=O)c2ccc(Br)c(F)c2)CC1. The molecule has 0 aromatic heterocycles. The number of hydrogen-bond acceptors (Lipinski definition) is 4. The van der Waals surface area contributed by atoms with Crippen LogP contribution in [-0.2, 0) is 20.0 Å². The molecule has 0 radical (unpaired) electrons. The van der Waals surface area contributed by atoms with Crippen molar-refractivity contribution in [3.63, 3.8) is 0 Å². The minimum Gasteiger partial charge on any atom is -0.213 e. The van der Waals surface area contributed by atoms with Gasteiger partial charge in [-0.25, -0.2) is 21.2 Å². The molecule has 1 aromatic rings. The highest BCUT2D eigenvalue weighted by Gasteiger charge is 2.31. The Labute approximate surface area is 131 Å². The molecule has 21 heavy (non-hydrogen) atoms. The van der Waals surface area contributed by atoms with Crippen molar-refractivity contribution in [1.82, 2.24) is 8.61 Å². The smallest absolute Gasteiger partial charge is 0.213 e. The lowest BCUT2D eigenvalue weighted by Gasteiger charge is -2.32. The molecule has 10 heteroatoms. The molecule has 0 spiro atoms. The highest BCUT2D eigenvalue weighted by atomic mass is 79.9. The highest BCUT2D eigenvalue weighted by molar-refractivity contribution is 9.10. The Morgan fingerprint density at radius 3 is 2.05 bits per heavy atom. The van der Waals surface area contributed by atoms with Crippen LogP contribution in [-0.4, -0.2) is 57.9 Å². The van der Waals surface area contributed by atoms with Gasteiger partial charge in [0.1, 0.15) is 5.82 Å². The molecule has 1 aromatic carbocycles. The van der Waals surface area contributed by atoms with E-state index in [1.807, 2.05) is 0 Å². The molecule has 0 atom stereocenters. The Kier molecular flexibility index (Phi) is 4.74. The summed E-state index contributed by atoms with van der Waals surface area (Å²) in [4.78, 5) is -0.143. The number of nitrogens with zero attached hydrogens (tertiary/aromatic N) is 2. The van der Waals surface area contributed by atoms with Gasteiger partial charge in [-0.05, 0) is 34.1 Å². The van der Waals surface area contributed by atoms with Gasteiger partial charge in [0.15, 0.2) is 0 Å². The molecule has 6 nitrogen and oxygen atoms in total. The molecule has 0 saturated carbocycles. The second kappa shape index (κ2) is 5.92. The largest absolute Gasteiger partial charge is 0.243 e. The van der Waals surface area contributed by atoms with Gasteiger partial charge in [0.2, 0.25) is 20.0 Å². The van der Waals surface area contributed by atoms with Crippen LogP contribution < -0.4 is 0 Å². The maximum Gasteiger partial charge on any atom is 0.243 e. The van der Waals surface area contributed by atoms with Crippen molar-refractivity contribution < 1.29 is 21.2 Å². The summed E-state index contributed by atoms with van der Waals surface area (Å²) in [7, 11) is -7.15. The number of halogens is 2. The molecule has 0 amide bonds. The van der Waals surface area contributed by atoms with E-state index in [9.17, 15) is 21.2 Å². The molecule has 0 bridgehead atoms. The van der Waals surface area contributed by atoms with E-state index in [1.54, 1.807) is 0 Å². The summed E-state index contributed by atoms with van der Waals surface area (Å²) in [6.07, 6.45) is 1.08. The average molecular weight is 401 g/mol. The van der Waals surface area contributed by atoms with Crippen LogP contribution in [0, 0.1) is 5.82 Å². The number of hydrogen-bond donors (Lipinski definition) is 0. The second-order valence-electron chi connectivity index (χ2n) is 4.64. The van der Waals surface area contributed by atoms with Gasteiger partial charge >= 0.3 is 0 Å². The minimum absolute atomic E-state index is 0.0487. The number of benzene rings is 1. The van der Waals surface area contributed by atoms with E-state index in [1.165, 1.54) is 16.4 Å². The number of piperazine rings is 1. The van der Waals surface area contributed by atoms with Gasteiger partial charge in [-0.2, -0.15) is 8.61 Å². The lowest BCUT2D eigenvalue weighted by molar-refractivity contribution is 0.274. The van der Waals surface area contributed by atoms with Crippen molar-refractivity contribution in [3.8, 4) is 0 Å². The molecule has 0 unspecified atom stereocenters. The van der Waals surface area contributed by atoms with Crippen LogP contribution >= 0.6 is 15.9 Å². The van der Waals surface area contributed by atoms with E-state index in [0.717, 1.165) is 16.6 Å². The van der Waals surface area contributed by atoms with Crippen molar-refractivity contribution in [1.29, 1.82) is 0 Å². The first-order valence-electron chi connectivity index (χ1n) is 6.03. The fraction of sp³-hybridized carbons (Fsp3) is 0.455. The summed E-state index contributed by atoms with van der Waals surface area (Å²) < 4.78 is 63.6. The van der Waals surface area contributed by atoms with Crippen molar-refractivity contribution in [2.75, 3.05) is 32.4 Å². The number of rotatable bonds is 3. The van der Waals surface area contributed by atoms with Crippen molar-refractivity contribution in [3.05, 3.63) is 28.5 Å². The van der Waals surface area contributed by atoms with Gasteiger partial charge < -0.3 is 0 Å². The van der Waals surface area contributed by atoms with Crippen LogP contribution in [0.15, 0.2) is 27.6 Å². The Balaban J connectivity index is 2.20. The van der Waals surface area contributed by atoms with E-state index in [0.29, 0.717) is 0 Å².